The van der Waals surface area contributed by atoms with Crippen LogP contribution < -0.4 is 5.32 Å². The van der Waals surface area contributed by atoms with Crippen molar-refractivity contribution in [3.05, 3.63) is 35.4 Å². The van der Waals surface area contributed by atoms with Crippen LogP contribution in [0.5, 0.6) is 0 Å². The molecule has 1 aromatic rings. The van der Waals surface area contributed by atoms with E-state index in [1.54, 1.807) is 0 Å². The fraction of sp³-hybridized carbons (Fsp3) is 0.625. The zero-order valence-electron chi connectivity index (χ0n) is 11.3. The number of aryl methyl sites for hydroxylation is 1. The Morgan fingerprint density at radius 1 is 1.06 bits per heavy atom. The first-order chi connectivity index (χ1) is 8.28. The monoisotopic (exact) mass is 231 g/mol. The molecule has 0 amide bonds. The van der Waals surface area contributed by atoms with E-state index in [1.165, 1.54) is 43.4 Å². The summed E-state index contributed by atoms with van der Waals surface area (Å²) in [6.07, 6.45) is 6.44. The van der Waals surface area contributed by atoms with Crippen LogP contribution >= 0.6 is 0 Å². The molecule has 1 aliphatic rings. The molecule has 0 aliphatic heterocycles. The summed E-state index contributed by atoms with van der Waals surface area (Å²) >= 11 is 0. The predicted octanol–water partition coefficient (Wildman–Crippen LogP) is 3.57. The Morgan fingerprint density at radius 2 is 1.71 bits per heavy atom. The lowest BCUT2D eigenvalue weighted by atomic mass is 9.95. The van der Waals surface area contributed by atoms with Gasteiger partial charge in [0, 0.05) is 6.54 Å². The van der Waals surface area contributed by atoms with Crippen LogP contribution in [-0.4, -0.2) is 13.1 Å². The smallest absolute Gasteiger partial charge is 0.00110 e. The summed E-state index contributed by atoms with van der Waals surface area (Å²) in [5.74, 6) is 0. The van der Waals surface area contributed by atoms with Gasteiger partial charge in [0.05, 0.1) is 0 Å². The minimum absolute atomic E-state index is 0.586. The highest BCUT2D eigenvalue weighted by molar-refractivity contribution is 5.24. The van der Waals surface area contributed by atoms with Gasteiger partial charge >= 0.3 is 0 Å². The maximum absolute atomic E-state index is 3.58. The van der Waals surface area contributed by atoms with Crippen LogP contribution in [0.4, 0.5) is 0 Å². The summed E-state index contributed by atoms with van der Waals surface area (Å²) in [7, 11) is 0. The lowest BCUT2D eigenvalue weighted by Crippen LogP contribution is -2.26. The summed E-state index contributed by atoms with van der Waals surface area (Å²) in [5.41, 5.74) is 3.55. The highest BCUT2D eigenvalue weighted by Gasteiger charge is 2.41. The Kier molecular flexibility index (Phi) is 4.22. The zero-order valence-corrected chi connectivity index (χ0v) is 11.3. The third-order valence-electron chi connectivity index (χ3n) is 3.89. The quantitative estimate of drug-likeness (QED) is 0.707. The molecule has 0 spiro atoms. The first-order valence-electron chi connectivity index (χ1n) is 7.06. The Morgan fingerprint density at radius 3 is 2.24 bits per heavy atom. The van der Waals surface area contributed by atoms with Crippen LogP contribution in [-0.2, 0) is 12.8 Å². The molecule has 1 nitrogen and oxygen atoms in total. The van der Waals surface area contributed by atoms with E-state index in [4.69, 9.17) is 0 Å². The number of nitrogens with one attached hydrogen (secondary N) is 1. The Bertz CT molecular complexity index is 335. The van der Waals surface area contributed by atoms with E-state index in [-0.39, 0.29) is 0 Å². The Balaban J connectivity index is 1.86. The first kappa shape index (κ1) is 12.6. The van der Waals surface area contributed by atoms with E-state index < -0.39 is 0 Å². The number of hydrogen-bond donors (Lipinski definition) is 1. The summed E-state index contributed by atoms with van der Waals surface area (Å²) in [4.78, 5) is 0. The lowest BCUT2D eigenvalue weighted by Gasteiger charge is -2.16. The van der Waals surface area contributed by atoms with Crippen molar-refractivity contribution < 1.29 is 0 Å². The topological polar surface area (TPSA) is 12.0 Å². The normalized spacial score (nSPS) is 17.1. The van der Waals surface area contributed by atoms with Crippen molar-refractivity contribution in [3.63, 3.8) is 0 Å². The molecule has 0 radical (unpaired) electrons. The zero-order chi connectivity index (χ0) is 12.1. The van der Waals surface area contributed by atoms with Crippen LogP contribution in [0.1, 0.15) is 44.2 Å². The molecule has 1 heteroatoms. The molecule has 1 aliphatic carbocycles. The Labute approximate surface area is 106 Å². The fourth-order valence-electron chi connectivity index (χ4n) is 2.45. The van der Waals surface area contributed by atoms with Gasteiger partial charge in [-0.2, -0.15) is 0 Å². The average Bonchev–Trinajstić information content (AvgIpc) is 3.11. The molecule has 1 fully saturated rings. The third kappa shape index (κ3) is 3.57. The molecule has 2 rings (SSSR count). The van der Waals surface area contributed by atoms with Gasteiger partial charge < -0.3 is 5.32 Å². The standard InChI is InChI=1S/C16H25N/c1-3-11-17-13-16(9-10-16)12-15-7-5-14(4-2)6-8-15/h5-8,17H,3-4,9-13H2,1-2H3. The molecule has 0 aromatic heterocycles. The lowest BCUT2D eigenvalue weighted by molar-refractivity contribution is 0.455. The molecular weight excluding hydrogens is 206 g/mol. The highest BCUT2D eigenvalue weighted by Crippen LogP contribution is 2.47. The van der Waals surface area contributed by atoms with E-state index in [2.05, 4.69) is 43.4 Å². The van der Waals surface area contributed by atoms with Crippen molar-refractivity contribution in [2.45, 2.75) is 46.0 Å². The molecule has 0 saturated heterocycles. The van der Waals surface area contributed by atoms with Gasteiger partial charge in [-0.15, -0.1) is 0 Å². The second kappa shape index (κ2) is 5.68. The predicted molar refractivity (Wildman–Crippen MR) is 74.4 cm³/mol. The second-order valence-electron chi connectivity index (χ2n) is 5.52. The largest absolute Gasteiger partial charge is 0.316 e. The van der Waals surface area contributed by atoms with Crippen molar-refractivity contribution in [3.8, 4) is 0 Å². The van der Waals surface area contributed by atoms with Crippen LogP contribution in [0.15, 0.2) is 24.3 Å². The van der Waals surface area contributed by atoms with E-state index in [1.807, 2.05) is 0 Å². The minimum Gasteiger partial charge on any atom is -0.316 e. The average molecular weight is 231 g/mol. The minimum atomic E-state index is 0.586. The Hall–Kier alpha value is -0.820. The van der Waals surface area contributed by atoms with Gasteiger partial charge in [-0.05, 0) is 55.2 Å². The molecule has 1 aromatic carbocycles. The van der Waals surface area contributed by atoms with Crippen LogP contribution in [0.25, 0.3) is 0 Å². The molecule has 0 bridgehead atoms. The fourth-order valence-corrected chi connectivity index (χ4v) is 2.45. The van der Waals surface area contributed by atoms with Crippen molar-refractivity contribution in [1.82, 2.24) is 5.32 Å². The van der Waals surface area contributed by atoms with E-state index >= 15 is 0 Å². The van der Waals surface area contributed by atoms with Gasteiger partial charge in [0.2, 0.25) is 0 Å². The van der Waals surface area contributed by atoms with Crippen molar-refractivity contribution in [2.75, 3.05) is 13.1 Å². The molecule has 94 valence electrons. The van der Waals surface area contributed by atoms with E-state index in [0.717, 1.165) is 13.0 Å². The molecule has 0 heterocycles. The molecule has 0 unspecified atom stereocenters. The number of rotatable bonds is 7. The summed E-state index contributed by atoms with van der Waals surface area (Å²) in [6.45, 7) is 6.81. The van der Waals surface area contributed by atoms with Crippen molar-refractivity contribution in [1.29, 1.82) is 0 Å². The summed E-state index contributed by atoms with van der Waals surface area (Å²) < 4.78 is 0. The van der Waals surface area contributed by atoms with E-state index in [0.29, 0.717) is 5.41 Å². The van der Waals surface area contributed by atoms with Crippen LogP contribution in [0.3, 0.4) is 0 Å². The molecule has 1 saturated carbocycles. The van der Waals surface area contributed by atoms with Gasteiger partial charge in [0.15, 0.2) is 0 Å². The second-order valence-corrected chi connectivity index (χ2v) is 5.52. The first-order valence-corrected chi connectivity index (χ1v) is 7.06. The highest BCUT2D eigenvalue weighted by atomic mass is 14.9. The van der Waals surface area contributed by atoms with Gasteiger partial charge in [-0.25, -0.2) is 0 Å². The molecule has 0 atom stereocenters. The summed E-state index contributed by atoms with van der Waals surface area (Å²) in [5, 5.41) is 3.58. The molecular formula is C16H25N. The van der Waals surface area contributed by atoms with E-state index in [9.17, 15) is 0 Å². The maximum Gasteiger partial charge on any atom is 0.00110 e. The van der Waals surface area contributed by atoms with Gasteiger partial charge in [0.1, 0.15) is 0 Å². The van der Waals surface area contributed by atoms with Gasteiger partial charge in [-0.3, -0.25) is 0 Å². The number of hydrogen-bond acceptors (Lipinski definition) is 1. The van der Waals surface area contributed by atoms with Gasteiger partial charge in [0.25, 0.3) is 0 Å². The van der Waals surface area contributed by atoms with Crippen LogP contribution in [0.2, 0.25) is 0 Å². The third-order valence-corrected chi connectivity index (χ3v) is 3.89. The van der Waals surface area contributed by atoms with Crippen molar-refractivity contribution in [2.24, 2.45) is 5.41 Å². The van der Waals surface area contributed by atoms with Gasteiger partial charge in [-0.1, -0.05) is 38.1 Å². The van der Waals surface area contributed by atoms with Crippen molar-refractivity contribution >= 4 is 0 Å². The SMILES string of the molecule is CCCNCC1(Cc2ccc(CC)cc2)CC1. The molecule has 1 N–H and O–H groups in total. The van der Waals surface area contributed by atoms with Crippen LogP contribution in [0, 0.1) is 5.41 Å². The summed E-state index contributed by atoms with van der Waals surface area (Å²) in [6, 6.07) is 9.20. The maximum atomic E-state index is 3.58. The molecule has 17 heavy (non-hydrogen) atoms. The number of benzene rings is 1.